The summed E-state index contributed by atoms with van der Waals surface area (Å²) in [5.74, 6) is 0.0122. The fourth-order valence-electron chi connectivity index (χ4n) is 3.70. The highest BCUT2D eigenvalue weighted by Crippen LogP contribution is 2.31. The van der Waals surface area contributed by atoms with Gasteiger partial charge in [0, 0.05) is 50.1 Å². The molecule has 1 amide bonds. The molecule has 9 nitrogen and oxygen atoms in total. The fraction of sp³-hybridized carbons (Fsp3) is 0.304. The molecule has 178 valence electrons. The van der Waals surface area contributed by atoms with Crippen molar-refractivity contribution in [3.05, 3.63) is 59.3 Å². The molecule has 0 radical (unpaired) electrons. The van der Waals surface area contributed by atoms with Crippen LogP contribution in [0.15, 0.2) is 42.9 Å². The van der Waals surface area contributed by atoms with Gasteiger partial charge < -0.3 is 20.1 Å². The van der Waals surface area contributed by atoms with Gasteiger partial charge in [0.1, 0.15) is 5.82 Å². The minimum Gasteiger partial charge on any atom is -0.491 e. The predicted octanol–water partition coefficient (Wildman–Crippen LogP) is 2.83. The summed E-state index contributed by atoms with van der Waals surface area (Å²) in [5, 5.41) is 12.6. The van der Waals surface area contributed by atoms with Crippen LogP contribution < -0.4 is 10.1 Å². The van der Waals surface area contributed by atoms with Crippen LogP contribution in [0.1, 0.15) is 10.4 Å². The first-order valence-electron chi connectivity index (χ1n) is 10.7. The van der Waals surface area contributed by atoms with Crippen molar-refractivity contribution in [2.75, 3.05) is 51.8 Å². The zero-order chi connectivity index (χ0) is 24.1. The minimum absolute atomic E-state index is 0.0897. The molecule has 1 saturated heterocycles. The largest absolute Gasteiger partial charge is 0.491 e. The molecular formula is C23H24ClFN6O3. The molecule has 2 aromatic heterocycles. The Morgan fingerprint density at radius 1 is 1.24 bits per heavy atom. The van der Waals surface area contributed by atoms with E-state index in [1.54, 1.807) is 17.2 Å². The Morgan fingerprint density at radius 3 is 2.76 bits per heavy atom. The molecule has 1 aromatic carbocycles. The number of β-amino-alcohol motifs (C(OH)–C–C–N with tert-alkyl or cyclic N) is 1. The molecule has 34 heavy (non-hydrogen) atoms. The van der Waals surface area contributed by atoms with E-state index >= 15 is 0 Å². The van der Waals surface area contributed by atoms with Crippen LogP contribution in [0.3, 0.4) is 0 Å². The maximum Gasteiger partial charge on any atom is 0.257 e. The standard InChI is InChI=1S/C23H24ClFN6O3/c1-34-20-14-27-21(16-12-15(24)2-3-18(16)25)29-22(20)28-19-4-5-26-13-17(19)23(33)31-8-6-30(7-9-31)10-11-32/h2-5,12-14,32H,6-11H2,1H3,(H,26,27,28,29). The Labute approximate surface area is 201 Å². The van der Waals surface area contributed by atoms with Crippen molar-refractivity contribution in [1.82, 2.24) is 24.8 Å². The first-order valence-corrected chi connectivity index (χ1v) is 11.1. The first-order chi connectivity index (χ1) is 16.5. The molecule has 11 heteroatoms. The number of hydrogen-bond donors (Lipinski definition) is 2. The number of piperazine rings is 1. The molecule has 0 unspecified atom stereocenters. The Kier molecular flexibility index (Phi) is 7.51. The third-order valence-electron chi connectivity index (χ3n) is 5.52. The lowest BCUT2D eigenvalue weighted by atomic mass is 10.1. The molecule has 3 heterocycles. The predicted molar refractivity (Wildman–Crippen MR) is 126 cm³/mol. The van der Waals surface area contributed by atoms with E-state index in [1.165, 1.54) is 37.7 Å². The van der Waals surface area contributed by atoms with Crippen molar-refractivity contribution in [2.24, 2.45) is 0 Å². The van der Waals surface area contributed by atoms with Gasteiger partial charge in [-0.1, -0.05) is 11.6 Å². The highest BCUT2D eigenvalue weighted by molar-refractivity contribution is 6.30. The molecule has 1 aliphatic heterocycles. The summed E-state index contributed by atoms with van der Waals surface area (Å²) in [6.07, 6.45) is 4.48. The lowest BCUT2D eigenvalue weighted by molar-refractivity contribution is 0.0615. The van der Waals surface area contributed by atoms with E-state index in [1.807, 2.05) is 0 Å². The number of aromatic nitrogens is 3. The molecule has 0 saturated carbocycles. The average molecular weight is 487 g/mol. The summed E-state index contributed by atoms with van der Waals surface area (Å²) in [6.45, 7) is 3.13. The third-order valence-corrected chi connectivity index (χ3v) is 5.76. The van der Waals surface area contributed by atoms with Crippen molar-refractivity contribution in [3.8, 4) is 17.1 Å². The summed E-state index contributed by atoms with van der Waals surface area (Å²) >= 11 is 6.02. The Bertz CT molecular complexity index is 1170. The first kappa shape index (κ1) is 23.8. The van der Waals surface area contributed by atoms with Gasteiger partial charge >= 0.3 is 0 Å². The minimum atomic E-state index is -0.513. The van der Waals surface area contributed by atoms with Gasteiger partial charge in [-0.25, -0.2) is 14.4 Å². The maximum absolute atomic E-state index is 14.4. The molecule has 4 rings (SSSR count). The monoisotopic (exact) mass is 486 g/mol. The second kappa shape index (κ2) is 10.7. The van der Waals surface area contributed by atoms with E-state index < -0.39 is 5.82 Å². The quantitative estimate of drug-likeness (QED) is 0.525. The van der Waals surface area contributed by atoms with Gasteiger partial charge in [-0.2, -0.15) is 0 Å². The van der Waals surface area contributed by atoms with Crippen LogP contribution in [-0.4, -0.2) is 82.2 Å². The normalized spacial score (nSPS) is 14.2. The third kappa shape index (κ3) is 5.24. The number of hydrogen-bond acceptors (Lipinski definition) is 8. The number of amides is 1. The molecule has 1 fully saturated rings. The molecular weight excluding hydrogens is 463 g/mol. The number of carbonyl (C=O) groups excluding carboxylic acids is 1. The van der Waals surface area contributed by atoms with E-state index in [-0.39, 0.29) is 29.7 Å². The van der Waals surface area contributed by atoms with Gasteiger partial charge in [-0.3, -0.25) is 14.7 Å². The summed E-state index contributed by atoms with van der Waals surface area (Å²) in [4.78, 5) is 29.8. The SMILES string of the molecule is COc1cnc(-c2cc(Cl)ccc2F)nc1Nc1ccncc1C(=O)N1CCN(CCO)CC1. The lowest BCUT2D eigenvalue weighted by Crippen LogP contribution is -2.49. The smallest absolute Gasteiger partial charge is 0.257 e. The van der Waals surface area contributed by atoms with Crippen molar-refractivity contribution >= 4 is 29.0 Å². The topological polar surface area (TPSA) is 104 Å². The van der Waals surface area contributed by atoms with E-state index in [9.17, 15) is 9.18 Å². The number of nitrogens with zero attached hydrogens (tertiary/aromatic N) is 5. The molecule has 3 aromatic rings. The number of carbonyl (C=O) groups is 1. The van der Waals surface area contributed by atoms with Crippen molar-refractivity contribution in [2.45, 2.75) is 0 Å². The molecule has 1 aliphatic rings. The van der Waals surface area contributed by atoms with Crippen molar-refractivity contribution in [3.63, 3.8) is 0 Å². The van der Waals surface area contributed by atoms with Crippen LogP contribution >= 0.6 is 11.6 Å². The molecule has 0 aliphatic carbocycles. The molecule has 0 spiro atoms. The number of aliphatic hydroxyl groups excluding tert-OH is 1. The molecule has 0 atom stereocenters. The number of aliphatic hydroxyl groups is 1. The van der Waals surface area contributed by atoms with Crippen LogP contribution in [0.5, 0.6) is 5.75 Å². The number of methoxy groups -OCH3 is 1. The van der Waals surface area contributed by atoms with Crippen LogP contribution in [0.2, 0.25) is 5.02 Å². The summed E-state index contributed by atoms with van der Waals surface area (Å²) in [6, 6.07) is 5.80. The van der Waals surface area contributed by atoms with E-state index in [0.717, 1.165) is 0 Å². The van der Waals surface area contributed by atoms with Gasteiger partial charge in [-0.05, 0) is 24.3 Å². The van der Waals surface area contributed by atoms with Crippen LogP contribution in [-0.2, 0) is 0 Å². The summed E-state index contributed by atoms with van der Waals surface area (Å²) < 4.78 is 19.8. The number of pyridine rings is 1. The van der Waals surface area contributed by atoms with Gasteiger partial charge in [0.25, 0.3) is 5.91 Å². The van der Waals surface area contributed by atoms with Gasteiger partial charge in [0.05, 0.1) is 36.7 Å². The second-order valence-corrected chi connectivity index (χ2v) is 8.07. The Balaban J connectivity index is 1.61. The number of rotatable bonds is 7. The van der Waals surface area contributed by atoms with Crippen molar-refractivity contribution in [1.29, 1.82) is 0 Å². The zero-order valence-electron chi connectivity index (χ0n) is 18.5. The second-order valence-electron chi connectivity index (χ2n) is 7.64. The maximum atomic E-state index is 14.4. The summed E-state index contributed by atoms with van der Waals surface area (Å²) in [5.41, 5.74) is 0.992. The number of benzene rings is 1. The van der Waals surface area contributed by atoms with Gasteiger partial charge in [0.2, 0.25) is 0 Å². The number of anilines is 2. The van der Waals surface area contributed by atoms with Crippen LogP contribution in [0.25, 0.3) is 11.4 Å². The average Bonchev–Trinajstić information content (AvgIpc) is 2.86. The highest BCUT2D eigenvalue weighted by atomic mass is 35.5. The van der Waals surface area contributed by atoms with E-state index in [0.29, 0.717) is 54.7 Å². The number of ether oxygens (including phenoxy) is 1. The van der Waals surface area contributed by atoms with Gasteiger partial charge in [0.15, 0.2) is 17.4 Å². The number of nitrogens with one attached hydrogen (secondary N) is 1. The Morgan fingerprint density at radius 2 is 2.03 bits per heavy atom. The number of halogens is 2. The van der Waals surface area contributed by atoms with Crippen LogP contribution in [0.4, 0.5) is 15.9 Å². The van der Waals surface area contributed by atoms with E-state index in [4.69, 9.17) is 21.4 Å². The molecule has 2 N–H and O–H groups in total. The van der Waals surface area contributed by atoms with E-state index in [2.05, 4.69) is 25.2 Å². The lowest BCUT2D eigenvalue weighted by Gasteiger charge is -2.34. The molecule has 0 bridgehead atoms. The zero-order valence-corrected chi connectivity index (χ0v) is 19.3. The van der Waals surface area contributed by atoms with Crippen molar-refractivity contribution < 1.29 is 19.0 Å². The fourth-order valence-corrected chi connectivity index (χ4v) is 3.87. The van der Waals surface area contributed by atoms with Gasteiger partial charge in [-0.15, -0.1) is 0 Å². The highest BCUT2D eigenvalue weighted by Gasteiger charge is 2.24. The summed E-state index contributed by atoms with van der Waals surface area (Å²) in [7, 11) is 1.47. The Hall–Kier alpha value is -3.34. The van der Waals surface area contributed by atoms with Crippen LogP contribution in [0, 0.1) is 5.82 Å².